The SMILES string of the molecule is C[C@H](c1ccccc1)[C@@H](CO)NS(=O)(=O)N(C)C. The van der Waals surface area contributed by atoms with E-state index in [9.17, 15) is 13.5 Å². The van der Waals surface area contributed by atoms with E-state index < -0.39 is 16.3 Å². The maximum Gasteiger partial charge on any atom is 0.279 e. The molecule has 1 aromatic rings. The van der Waals surface area contributed by atoms with E-state index in [4.69, 9.17) is 0 Å². The standard InChI is InChI=1S/C12H20N2O3S/c1-10(11-7-5-4-6-8-11)12(9-15)13-18(16,17)14(2)3/h4-8,10,12-13,15H,9H2,1-3H3/t10-,12-/m1/s1. The fourth-order valence-corrected chi connectivity index (χ4v) is 2.46. The van der Waals surface area contributed by atoms with Crippen molar-refractivity contribution in [3.63, 3.8) is 0 Å². The van der Waals surface area contributed by atoms with Gasteiger partial charge in [0.2, 0.25) is 0 Å². The van der Waals surface area contributed by atoms with Crippen molar-refractivity contribution in [1.82, 2.24) is 9.03 Å². The maximum absolute atomic E-state index is 11.7. The smallest absolute Gasteiger partial charge is 0.279 e. The molecule has 2 atom stereocenters. The maximum atomic E-state index is 11.7. The summed E-state index contributed by atoms with van der Waals surface area (Å²) in [4.78, 5) is 0. The number of nitrogens with one attached hydrogen (secondary N) is 1. The predicted molar refractivity (Wildman–Crippen MR) is 71.5 cm³/mol. The average Bonchev–Trinajstić information content (AvgIpc) is 2.36. The molecule has 0 aromatic heterocycles. The second kappa shape index (κ2) is 6.29. The monoisotopic (exact) mass is 272 g/mol. The second-order valence-corrected chi connectivity index (χ2v) is 6.31. The van der Waals surface area contributed by atoms with Crippen molar-refractivity contribution in [3.8, 4) is 0 Å². The predicted octanol–water partition coefficient (Wildman–Crippen LogP) is 0.547. The molecule has 2 N–H and O–H groups in total. The zero-order valence-electron chi connectivity index (χ0n) is 10.9. The second-order valence-electron chi connectivity index (χ2n) is 4.39. The first-order chi connectivity index (χ1) is 8.38. The summed E-state index contributed by atoms with van der Waals surface area (Å²) in [5.74, 6) is -0.106. The van der Waals surface area contributed by atoms with Crippen LogP contribution in [0.4, 0.5) is 0 Å². The molecule has 0 amide bonds. The topological polar surface area (TPSA) is 69.6 Å². The normalized spacial score (nSPS) is 15.6. The first kappa shape index (κ1) is 15.1. The van der Waals surface area contributed by atoms with E-state index in [-0.39, 0.29) is 12.5 Å². The molecule has 5 nitrogen and oxygen atoms in total. The van der Waals surface area contributed by atoms with Gasteiger partial charge in [-0.25, -0.2) is 0 Å². The van der Waals surface area contributed by atoms with Crippen LogP contribution in [0.1, 0.15) is 18.4 Å². The summed E-state index contributed by atoms with van der Waals surface area (Å²) >= 11 is 0. The highest BCUT2D eigenvalue weighted by Crippen LogP contribution is 2.19. The molecule has 1 aromatic carbocycles. The van der Waals surface area contributed by atoms with Crippen LogP contribution in [0.2, 0.25) is 0 Å². The molecule has 0 spiro atoms. The van der Waals surface area contributed by atoms with Crippen molar-refractivity contribution in [3.05, 3.63) is 35.9 Å². The van der Waals surface area contributed by atoms with E-state index in [0.717, 1.165) is 9.87 Å². The molecule has 0 aliphatic carbocycles. The molecule has 0 unspecified atom stereocenters. The molecule has 0 fully saturated rings. The fraction of sp³-hybridized carbons (Fsp3) is 0.500. The molecule has 0 radical (unpaired) electrons. The van der Waals surface area contributed by atoms with Crippen molar-refractivity contribution in [2.75, 3.05) is 20.7 Å². The Labute approximate surface area is 109 Å². The zero-order chi connectivity index (χ0) is 13.8. The van der Waals surface area contributed by atoms with Crippen LogP contribution >= 0.6 is 0 Å². The summed E-state index contributed by atoms with van der Waals surface area (Å²) in [6.45, 7) is 1.64. The molecular formula is C12H20N2O3S. The summed E-state index contributed by atoms with van der Waals surface area (Å²) in [5.41, 5.74) is 0.984. The van der Waals surface area contributed by atoms with Gasteiger partial charge in [0.25, 0.3) is 10.2 Å². The number of rotatable bonds is 6. The minimum absolute atomic E-state index is 0.106. The van der Waals surface area contributed by atoms with E-state index in [0.29, 0.717) is 0 Å². The Balaban J connectivity index is 2.85. The Morgan fingerprint density at radius 3 is 2.28 bits per heavy atom. The molecule has 18 heavy (non-hydrogen) atoms. The number of hydrogen-bond donors (Lipinski definition) is 2. The van der Waals surface area contributed by atoms with Gasteiger partial charge in [0.15, 0.2) is 0 Å². The van der Waals surface area contributed by atoms with Crippen molar-refractivity contribution in [2.24, 2.45) is 0 Å². The number of aliphatic hydroxyl groups is 1. The zero-order valence-corrected chi connectivity index (χ0v) is 11.7. The van der Waals surface area contributed by atoms with Gasteiger partial charge in [-0.3, -0.25) is 0 Å². The van der Waals surface area contributed by atoms with Crippen molar-refractivity contribution < 1.29 is 13.5 Å². The fourth-order valence-electron chi connectivity index (χ4n) is 1.58. The Kier molecular flexibility index (Phi) is 5.28. The lowest BCUT2D eigenvalue weighted by Gasteiger charge is -2.25. The van der Waals surface area contributed by atoms with E-state index >= 15 is 0 Å². The molecule has 6 heteroatoms. The number of hydrogen-bond acceptors (Lipinski definition) is 3. The lowest BCUT2D eigenvalue weighted by molar-refractivity contribution is 0.240. The summed E-state index contributed by atoms with van der Waals surface area (Å²) in [6, 6.07) is 8.96. The third-order valence-electron chi connectivity index (χ3n) is 2.91. The van der Waals surface area contributed by atoms with Gasteiger partial charge in [-0.05, 0) is 11.5 Å². The van der Waals surface area contributed by atoms with Crippen LogP contribution < -0.4 is 4.72 Å². The van der Waals surface area contributed by atoms with Crippen molar-refractivity contribution >= 4 is 10.2 Å². The first-order valence-electron chi connectivity index (χ1n) is 5.74. The highest BCUT2D eigenvalue weighted by molar-refractivity contribution is 7.87. The molecule has 1 rings (SSSR count). The molecule has 0 aliphatic heterocycles. The van der Waals surface area contributed by atoms with Crippen LogP contribution in [0, 0.1) is 0 Å². The largest absolute Gasteiger partial charge is 0.395 e. The molecular weight excluding hydrogens is 252 g/mol. The Morgan fingerprint density at radius 2 is 1.83 bits per heavy atom. The van der Waals surface area contributed by atoms with Crippen LogP contribution in [0.5, 0.6) is 0 Å². The number of nitrogens with zero attached hydrogens (tertiary/aromatic N) is 1. The van der Waals surface area contributed by atoms with Crippen molar-refractivity contribution in [1.29, 1.82) is 0 Å². The molecule has 0 bridgehead atoms. The van der Waals surface area contributed by atoms with E-state index in [2.05, 4.69) is 4.72 Å². The van der Waals surface area contributed by atoms with Crippen LogP contribution in [0.3, 0.4) is 0 Å². The van der Waals surface area contributed by atoms with E-state index in [1.54, 1.807) is 0 Å². The highest BCUT2D eigenvalue weighted by Gasteiger charge is 2.24. The molecule has 102 valence electrons. The van der Waals surface area contributed by atoms with Gasteiger partial charge in [0, 0.05) is 14.1 Å². The Bertz CT molecular complexity index is 459. The van der Waals surface area contributed by atoms with Gasteiger partial charge in [-0.2, -0.15) is 17.4 Å². The van der Waals surface area contributed by atoms with Crippen LogP contribution in [0.15, 0.2) is 30.3 Å². The minimum Gasteiger partial charge on any atom is -0.395 e. The molecule has 0 saturated carbocycles. The molecule has 0 aliphatic rings. The summed E-state index contributed by atoms with van der Waals surface area (Å²) in [7, 11) is -0.642. The average molecular weight is 272 g/mol. The quantitative estimate of drug-likeness (QED) is 0.794. The summed E-state index contributed by atoms with van der Waals surface area (Å²) < 4.78 is 27.1. The lowest BCUT2D eigenvalue weighted by atomic mass is 9.94. The summed E-state index contributed by atoms with van der Waals surface area (Å²) in [6.07, 6.45) is 0. The summed E-state index contributed by atoms with van der Waals surface area (Å²) in [5, 5.41) is 9.36. The van der Waals surface area contributed by atoms with Gasteiger partial charge in [0.05, 0.1) is 12.6 Å². The molecule has 0 saturated heterocycles. The van der Waals surface area contributed by atoms with Gasteiger partial charge in [-0.1, -0.05) is 37.3 Å². The highest BCUT2D eigenvalue weighted by atomic mass is 32.2. The number of aliphatic hydroxyl groups excluding tert-OH is 1. The molecule has 0 heterocycles. The van der Waals surface area contributed by atoms with E-state index in [1.165, 1.54) is 14.1 Å². The van der Waals surface area contributed by atoms with Gasteiger partial charge in [-0.15, -0.1) is 0 Å². The van der Waals surface area contributed by atoms with Gasteiger partial charge < -0.3 is 5.11 Å². The third-order valence-corrected chi connectivity index (χ3v) is 4.47. The van der Waals surface area contributed by atoms with Crippen LogP contribution in [-0.4, -0.2) is 44.6 Å². The van der Waals surface area contributed by atoms with Gasteiger partial charge >= 0.3 is 0 Å². The Hall–Kier alpha value is -0.950. The lowest BCUT2D eigenvalue weighted by Crippen LogP contribution is -2.46. The number of benzene rings is 1. The van der Waals surface area contributed by atoms with Gasteiger partial charge in [0.1, 0.15) is 0 Å². The first-order valence-corrected chi connectivity index (χ1v) is 7.18. The Morgan fingerprint density at radius 1 is 1.28 bits per heavy atom. The van der Waals surface area contributed by atoms with E-state index in [1.807, 2.05) is 37.3 Å². The third kappa shape index (κ3) is 3.78. The van der Waals surface area contributed by atoms with Crippen LogP contribution in [0.25, 0.3) is 0 Å². The van der Waals surface area contributed by atoms with Crippen LogP contribution in [-0.2, 0) is 10.2 Å². The van der Waals surface area contributed by atoms with Crippen molar-refractivity contribution in [2.45, 2.75) is 18.9 Å². The minimum atomic E-state index is -3.54.